The minimum absolute atomic E-state index is 0.0290. The van der Waals surface area contributed by atoms with Crippen LogP contribution in [0, 0.1) is 11.8 Å². The molecule has 0 atom stereocenters. The fourth-order valence-corrected chi connectivity index (χ4v) is 5.20. The van der Waals surface area contributed by atoms with E-state index in [4.69, 9.17) is 4.74 Å². The molecule has 2 aromatic rings. The molecule has 0 bridgehead atoms. The normalized spacial score (nSPS) is 17.6. The van der Waals surface area contributed by atoms with Gasteiger partial charge in [0.1, 0.15) is 5.75 Å². The van der Waals surface area contributed by atoms with Crippen molar-refractivity contribution < 1.29 is 9.53 Å². The van der Waals surface area contributed by atoms with Crippen molar-refractivity contribution >= 4 is 5.97 Å². The zero-order valence-electron chi connectivity index (χ0n) is 22.4. The number of carbonyl (C=O) groups excluding carboxylic acids is 1. The molecule has 0 N–H and O–H groups in total. The molecule has 3 rings (SSSR count). The molecule has 0 radical (unpaired) electrons. The standard InChI is InChI=1S/C32H46N2O2/c1-3-5-7-9-10-11-13-15-27-24-33-31(34-25-27)28-20-22-30(23-21-28)36-32(35)29-18-16-26(17-19-29)14-12-8-6-4-2/h4,20-26,29H,2-3,5-19H2,1H3. The first-order valence-electron chi connectivity index (χ1n) is 14.4. The first kappa shape index (κ1) is 28.1. The number of aryl methyl sites for hydroxylation is 1. The van der Waals surface area contributed by atoms with Crippen LogP contribution in [0.25, 0.3) is 11.4 Å². The van der Waals surface area contributed by atoms with Crippen molar-refractivity contribution in [2.75, 3.05) is 0 Å². The second-order valence-corrected chi connectivity index (χ2v) is 10.5. The lowest BCUT2D eigenvalue weighted by atomic mass is 9.80. The SMILES string of the molecule is C=CCCCCC1CCC(C(=O)Oc2ccc(-c3ncc(CCCCCCCCC)cn3)cc2)CC1. The molecule has 4 heteroatoms. The molecule has 1 aliphatic carbocycles. The van der Waals surface area contributed by atoms with Crippen LogP contribution in [-0.4, -0.2) is 15.9 Å². The molecule has 0 amide bonds. The van der Waals surface area contributed by atoms with Crippen molar-refractivity contribution in [2.45, 2.75) is 110 Å². The molecule has 0 aliphatic heterocycles. The second kappa shape index (κ2) is 16.3. The van der Waals surface area contributed by atoms with E-state index in [2.05, 4.69) is 23.5 Å². The fourth-order valence-electron chi connectivity index (χ4n) is 5.20. The van der Waals surface area contributed by atoms with Crippen molar-refractivity contribution in [3.05, 3.63) is 54.9 Å². The van der Waals surface area contributed by atoms with Gasteiger partial charge in [0.2, 0.25) is 0 Å². The predicted octanol–water partition coefficient (Wildman–Crippen LogP) is 8.89. The van der Waals surface area contributed by atoms with E-state index < -0.39 is 0 Å². The van der Waals surface area contributed by atoms with E-state index in [0.29, 0.717) is 11.6 Å². The van der Waals surface area contributed by atoms with Crippen molar-refractivity contribution in [3.63, 3.8) is 0 Å². The van der Waals surface area contributed by atoms with E-state index >= 15 is 0 Å². The molecule has 0 spiro atoms. The number of esters is 1. The molecule has 1 heterocycles. The van der Waals surface area contributed by atoms with Gasteiger partial charge >= 0.3 is 5.97 Å². The Morgan fingerprint density at radius 2 is 1.58 bits per heavy atom. The van der Waals surface area contributed by atoms with Crippen LogP contribution in [0.15, 0.2) is 49.3 Å². The van der Waals surface area contributed by atoms with Gasteiger partial charge in [0.05, 0.1) is 5.92 Å². The number of benzene rings is 1. The maximum Gasteiger partial charge on any atom is 0.314 e. The van der Waals surface area contributed by atoms with Gasteiger partial charge in [-0.1, -0.05) is 64.4 Å². The van der Waals surface area contributed by atoms with Gasteiger partial charge < -0.3 is 4.74 Å². The highest BCUT2D eigenvalue weighted by Crippen LogP contribution is 2.33. The molecule has 1 aliphatic rings. The summed E-state index contributed by atoms with van der Waals surface area (Å²) in [6, 6.07) is 7.59. The molecule has 1 aromatic carbocycles. The zero-order valence-corrected chi connectivity index (χ0v) is 22.4. The van der Waals surface area contributed by atoms with Crippen LogP contribution in [0.4, 0.5) is 0 Å². The molecule has 4 nitrogen and oxygen atoms in total. The highest BCUT2D eigenvalue weighted by molar-refractivity contribution is 5.75. The molecule has 0 saturated heterocycles. The van der Waals surface area contributed by atoms with Crippen molar-refractivity contribution in [1.82, 2.24) is 9.97 Å². The molecule has 1 fully saturated rings. The molecule has 1 saturated carbocycles. The summed E-state index contributed by atoms with van der Waals surface area (Å²) >= 11 is 0. The smallest absolute Gasteiger partial charge is 0.314 e. The third-order valence-corrected chi connectivity index (χ3v) is 7.56. The van der Waals surface area contributed by atoms with Crippen LogP contribution in [0.5, 0.6) is 5.75 Å². The van der Waals surface area contributed by atoms with E-state index in [9.17, 15) is 4.79 Å². The Bertz CT molecular complexity index is 883. The highest BCUT2D eigenvalue weighted by Gasteiger charge is 2.27. The third kappa shape index (κ3) is 9.87. The van der Waals surface area contributed by atoms with Gasteiger partial charge in [0.25, 0.3) is 0 Å². The van der Waals surface area contributed by atoms with Crippen LogP contribution in [0.1, 0.15) is 109 Å². The summed E-state index contributed by atoms with van der Waals surface area (Å²) in [5.74, 6) is 2.02. The minimum atomic E-state index is -0.0844. The van der Waals surface area contributed by atoms with Crippen LogP contribution in [0.2, 0.25) is 0 Å². The Hall–Kier alpha value is -2.49. The number of aromatic nitrogens is 2. The summed E-state index contributed by atoms with van der Waals surface area (Å²) < 4.78 is 5.71. The van der Waals surface area contributed by atoms with E-state index in [1.54, 1.807) is 0 Å². The van der Waals surface area contributed by atoms with Crippen molar-refractivity contribution in [3.8, 4) is 17.1 Å². The van der Waals surface area contributed by atoms with Gasteiger partial charge in [-0.3, -0.25) is 4.79 Å². The number of nitrogens with zero attached hydrogens (tertiary/aromatic N) is 2. The fraction of sp³-hybridized carbons (Fsp3) is 0.594. The Morgan fingerprint density at radius 3 is 2.25 bits per heavy atom. The van der Waals surface area contributed by atoms with Gasteiger partial charge in [-0.25, -0.2) is 9.97 Å². The topological polar surface area (TPSA) is 52.1 Å². The monoisotopic (exact) mass is 490 g/mol. The quantitative estimate of drug-likeness (QED) is 0.102. The average Bonchev–Trinajstić information content (AvgIpc) is 2.92. The second-order valence-electron chi connectivity index (χ2n) is 10.5. The maximum absolute atomic E-state index is 12.7. The summed E-state index contributed by atoms with van der Waals surface area (Å²) in [5.41, 5.74) is 2.14. The number of hydrogen-bond acceptors (Lipinski definition) is 4. The lowest BCUT2D eigenvalue weighted by molar-refractivity contribution is -0.140. The van der Waals surface area contributed by atoms with Gasteiger partial charge in [-0.15, -0.1) is 6.58 Å². The van der Waals surface area contributed by atoms with E-state index in [0.717, 1.165) is 50.0 Å². The number of hydrogen-bond donors (Lipinski definition) is 0. The summed E-state index contributed by atoms with van der Waals surface area (Å²) in [6.45, 7) is 6.05. The number of carbonyl (C=O) groups is 1. The number of ether oxygens (including phenoxy) is 1. The first-order chi connectivity index (χ1) is 17.7. The maximum atomic E-state index is 12.7. The van der Waals surface area contributed by atoms with Gasteiger partial charge in [-0.05, 0) is 87.1 Å². The van der Waals surface area contributed by atoms with Crippen LogP contribution >= 0.6 is 0 Å². The largest absolute Gasteiger partial charge is 0.426 e. The summed E-state index contributed by atoms with van der Waals surface area (Å²) in [4.78, 5) is 21.8. The Kier molecular flexibility index (Phi) is 12.7. The third-order valence-electron chi connectivity index (χ3n) is 7.56. The van der Waals surface area contributed by atoms with Gasteiger partial charge in [-0.2, -0.15) is 0 Å². The van der Waals surface area contributed by atoms with Gasteiger partial charge in [0, 0.05) is 18.0 Å². The number of unbranched alkanes of at least 4 members (excludes halogenated alkanes) is 8. The van der Waals surface area contributed by atoms with Crippen molar-refractivity contribution in [2.24, 2.45) is 11.8 Å². The molecule has 1 aromatic heterocycles. The Balaban J connectivity index is 1.37. The molecule has 36 heavy (non-hydrogen) atoms. The number of allylic oxidation sites excluding steroid dienone is 1. The molecular formula is C32H46N2O2. The summed E-state index contributed by atoms with van der Waals surface area (Å²) in [7, 11) is 0. The Labute approximate surface area is 219 Å². The van der Waals surface area contributed by atoms with Crippen molar-refractivity contribution in [1.29, 1.82) is 0 Å². The number of rotatable bonds is 16. The first-order valence-corrected chi connectivity index (χ1v) is 14.4. The molecule has 0 unspecified atom stereocenters. The van der Waals surface area contributed by atoms with E-state index in [-0.39, 0.29) is 11.9 Å². The zero-order chi connectivity index (χ0) is 25.4. The summed E-state index contributed by atoms with van der Waals surface area (Å²) in [6.07, 6.45) is 25.2. The van der Waals surface area contributed by atoms with Gasteiger partial charge in [0.15, 0.2) is 5.82 Å². The predicted molar refractivity (Wildman–Crippen MR) is 149 cm³/mol. The lowest BCUT2D eigenvalue weighted by Crippen LogP contribution is -2.25. The lowest BCUT2D eigenvalue weighted by Gasteiger charge is -2.27. The summed E-state index contributed by atoms with van der Waals surface area (Å²) in [5, 5.41) is 0. The van der Waals surface area contributed by atoms with Crippen LogP contribution in [0.3, 0.4) is 0 Å². The molecule has 196 valence electrons. The van der Waals surface area contributed by atoms with E-state index in [1.165, 1.54) is 69.8 Å². The van der Waals surface area contributed by atoms with Crippen LogP contribution in [-0.2, 0) is 11.2 Å². The van der Waals surface area contributed by atoms with Crippen LogP contribution < -0.4 is 4.74 Å². The Morgan fingerprint density at radius 1 is 0.917 bits per heavy atom. The van der Waals surface area contributed by atoms with E-state index in [1.807, 2.05) is 42.7 Å². The molecular weight excluding hydrogens is 444 g/mol. The highest BCUT2D eigenvalue weighted by atomic mass is 16.5. The minimum Gasteiger partial charge on any atom is -0.426 e. The average molecular weight is 491 g/mol.